The molecule has 0 aliphatic carbocycles. The highest BCUT2D eigenvalue weighted by molar-refractivity contribution is 7.82. The summed E-state index contributed by atoms with van der Waals surface area (Å²) in [6.45, 7) is 11.8. The van der Waals surface area contributed by atoms with Gasteiger partial charge >= 0.3 is 11.9 Å². The molecule has 3 atom stereocenters. The number of fused-ring (bicyclic) bond motifs is 1. The first-order chi connectivity index (χ1) is 22.1. The summed E-state index contributed by atoms with van der Waals surface area (Å²) in [4.78, 5) is 48.7. The number of likely N-dealkylation sites (N-methyl/N-ethyl adjacent to an activating group) is 1. The second kappa shape index (κ2) is 16.3. The first kappa shape index (κ1) is 35.3. The molecule has 12 nitrogen and oxygen atoms in total. The molecule has 0 spiro atoms. The Morgan fingerprint density at radius 1 is 1.00 bits per heavy atom. The van der Waals surface area contributed by atoms with Gasteiger partial charge in [0.25, 0.3) is 5.56 Å². The predicted octanol–water partition coefficient (Wildman–Crippen LogP) is 4.07. The van der Waals surface area contributed by atoms with Gasteiger partial charge in [0.2, 0.25) is 0 Å². The van der Waals surface area contributed by atoms with Gasteiger partial charge in [0.05, 0.1) is 48.6 Å². The molecule has 46 heavy (non-hydrogen) atoms. The number of hydrogen-bond donors (Lipinski definition) is 1. The molecule has 1 aliphatic rings. The van der Waals surface area contributed by atoms with Crippen LogP contribution in [0.2, 0.25) is 0 Å². The zero-order chi connectivity index (χ0) is 33.4. The third-order valence-corrected chi connectivity index (χ3v) is 9.58. The molecular weight excluding hydrogens is 610 g/mol. The first-order valence-electron chi connectivity index (χ1n) is 16.2. The second-order valence-electron chi connectivity index (χ2n) is 11.4. The molecule has 3 heterocycles. The number of aromatic amines is 1. The van der Waals surface area contributed by atoms with E-state index in [4.69, 9.17) is 19.2 Å². The lowest BCUT2D eigenvalue weighted by atomic mass is 10.0. The topological polar surface area (TPSA) is 136 Å². The van der Waals surface area contributed by atoms with Gasteiger partial charge in [0.1, 0.15) is 28.1 Å². The number of H-pyrrole nitrogens is 1. The summed E-state index contributed by atoms with van der Waals surface area (Å²) in [6.07, 6.45) is 4.65. The number of benzene rings is 1. The molecule has 252 valence electrons. The van der Waals surface area contributed by atoms with Gasteiger partial charge in [0.15, 0.2) is 0 Å². The maximum Gasteiger partial charge on any atom is 0.307 e. The van der Waals surface area contributed by atoms with Crippen molar-refractivity contribution in [3.63, 3.8) is 0 Å². The Bertz CT molecular complexity index is 1570. The van der Waals surface area contributed by atoms with Crippen LogP contribution in [0, 0.1) is 0 Å². The van der Waals surface area contributed by atoms with Gasteiger partial charge in [-0.15, -0.1) is 0 Å². The molecule has 1 fully saturated rings. The van der Waals surface area contributed by atoms with Crippen LogP contribution >= 0.6 is 0 Å². The minimum absolute atomic E-state index is 0.0923. The van der Waals surface area contributed by atoms with Crippen molar-refractivity contribution in [2.45, 2.75) is 90.2 Å². The highest BCUT2D eigenvalue weighted by Gasteiger charge is 2.37. The van der Waals surface area contributed by atoms with E-state index in [1.54, 1.807) is 36.4 Å². The molecule has 4 rings (SSSR count). The lowest BCUT2D eigenvalue weighted by Gasteiger charge is -2.43. The molecule has 0 saturated carbocycles. The van der Waals surface area contributed by atoms with Crippen molar-refractivity contribution >= 4 is 34.0 Å². The van der Waals surface area contributed by atoms with E-state index in [0.29, 0.717) is 59.3 Å². The number of nitrogens with one attached hydrogen (secondary N) is 1. The summed E-state index contributed by atoms with van der Waals surface area (Å²) in [6, 6.07) is 4.59. The molecule has 2 aromatic heterocycles. The number of hydrogen-bond acceptors (Lipinski definition) is 9. The van der Waals surface area contributed by atoms with Crippen LogP contribution in [0.15, 0.2) is 34.1 Å². The number of piperazine rings is 1. The molecule has 1 saturated heterocycles. The standard InChI is InChI=1S/C33H47N5O7S/c1-7-12-22-19-37(9-3)31-30(22)34-32(35-33(31)41)26-18-25(13-14-27(26)45-15-8-2)46(42)38-20-23(16-28(39)43-10-4)36(6)24(21-38)17-29(40)44-11-5/h13-14,18-19,23-24H,7-12,15-17,20-21H2,1-6H3,(H,34,35,41)/t23-,24?,46?/m1/s1. The van der Waals surface area contributed by atoms with Crippen LogP contribution in [0.25, 0.3) is 22.4 Å². The fourth-order valence-electron chi connectivity index (χ4n) is 5.87. The Balaban J connectivity index is 1.74. The van der Waals surface area contributed by atoms with Crippen LogP contribution in [-0.2, 0) is 43.0 Å². The average Bonchev–Trinajstić information content (AvgIpc) is 3.39. The minimum Gasteiger partial charge on any atom is -0.493 e. The van der Waals surface area contributed by atoms with E-state index in [1.165, 1.54) is 0 Å². The van der Waals surface area contributed by atoms with Gasteiger partial charge in [0, 0.05) is 37.9 Å². The van der Waals surface area contributed by atoms with E-state index in [1.807, 2.05) is 36.6 Å². The number of rotatable bonds is 15. The quantitative estimate of drug-likeness (QED) is 0.240. The number of aryl methyl sites for hydroxylation is 2. The first-order valence-corrected chi connectivity index (χ1v) is 17.3. The van der Waals surface area contributed by atoms with Gasteiger partial charge < -0.3 is 23.8 Å². The number of carbonyl (C=O) groups is 2. The second-order valence-corrected chi connectivity index (χ2v) is 12.9. The molecule has 1 aromatic carbocycles. The summed E-state index contributed by atoms with van der Waals surface area (Å²) in [5, 5.41) is 0. The summed E-state index contributed by atoms with van der Waals surface area (Å²) < 4.78 is 34.4. The number of carbonyl (C=O) groups excluding carboxylic acids is 2. The van der Waals surface area contributed by atoms with Crippen LogP contribution < -0.4 is 10.3 Å². The molecule has 3 aromatic rings. The van der Waals surface area contributed by atoms with E-state index in [9.17, 15) is 18.6 Å². The molecule has 1 N–H and O–H groups in total. The minimum atomic E-state index is -1.68. The molecule has 2 unspecified atom stereocenters. The summed E-state index contributed by atoms with van der Waals surface area (Å²) in [7, 11) is 0.188. The molecule has 1 aliphatic heterocycles. The lowest BCUT2D eigenvalue weighted by Crippen LogP contribution is -2.58. The SMILES string of the molecule is CCCOc1ccc(S(=O)N2CC(CC(=O)OCC)N(C)[C@H](CC(=O)OCC)C2)cc1-c1nc2c(CCC)cn(CC)c2c(=O)[nH]1. The van der Waals surface area contributed by atoms with Gasteiger partial charge in [-0.3, -0.25) is 19.3 Å². The van der Waals surface area contributed by atoms with E-state index in [2.05, 4.69) is 11.9 Å². The highest BCUT2D eigenvalue weighted by Crippen LogP contribution is 2.33. The van der Waals surface area contributed by atoms with Crippen LogP contribution in [0.5, 0.6) is 5.75 Å². The van der Waals surface area contributed by atoms with Crippen LogP contribution in [-0.4, -0.2) is 91.9 Å². The maximum absolute atomic E-state index is 14.2. The van der Waals surface area contributed by atoms with Crippen molar-refractivity contribution < 1.29 is 28.0 Å². The fraction of sp³-hybridized carbons (Fsp3) is 0.576. The fourth-order valence-corrected chi connectivity index (χ4v) is 7.18. The van der Waals surface area contributed by atoms with Crippen LogP contribution in [0.4, 0.5) is 0 Å². The van der Waals surface area contributed by atoms with E-state index in [-0.39, 0.29) is 55.6 Å². The highest BCUT2D eigenvalue weighted by atomic mass is 32.2. The van der Waals surface area contributed by atoms with Crippen molar-refractivity contribution in [3.05, 3.63) is 40.3 Å². The van der Waals surface area contributed by atoms with Gasteiger partial charge in [-0.05, 0) is 64.4 Å². The Morgan fingerprint density at radius 2 is 1.65 bits per heavy atom. The third kappa shape index (κ3) is 8.05. The number of esters is 2. The summed E-state index contributed by atoms with van der Waals surface area (Å²) in [5.41, 5.74) is 2.46. The Hall–Kier alpha value is -3.55. The average molecular weight is 658 g/mol. The predicted molar refractivity (Wildman–Crippen MR) is 177 cm³/mol. The van der Waals surface area contributed by atoms with Crippen LogP contribution in [0.3, 0.4) is 0 Å². The third-order valence-electron chi connectivity index (χ3n) is 8.16. The molecular formula is C33H47N5O7S. The van der Waals surface area contributed by atoms with Gasteiger partial charge in [-0.25, -0.2) is 13.5 Å². The summed E-state index contributed by atoms with van der Waals surface area (Å²) >= 11 is 0. The molecule has 0 bridgehead atoms. The number of aromatic nitrogens is 3. The van der Waals surface area contributed by atoms with Gasteiger partial charge in [-0.1, -0.05) is 20.3 Å². The van der Waals surface area contributed by atoms with Crippen molar-refractivity contribution in [2.24, 2.45) is 0 Å². The van der Waals surface area contributed by atoms with E-state index in [0.717, 1.165) is 24.8 Å². The molecule has 13 heteroatoms. The molecule has 0 amide bonds. The normalized spacial score (nSPS) is 18.0. The lowest BCUT2D eigenvalue weighted by molar-refractivity contribution is -0.146. The Kier molecular flexibility index (Phi) is 12.5. The number of nitrogens with zero attached hydrogens (tertiary/aromatic N) is 4. The van der Waals surface area contributed by atoms with Crippen molar-refractivity contribution in [1.29, 1.82) is 0 Å². The van der Waals surface area contributed by atoms with Crippen molar-refractivity contribution in [3.8, 4) is 17.1 Å². The maximum atomic E-state index is 14.2. The van der Waals surface area contributed by atoms with Crippen molar-refractivity contribution in [2.75, 3.05) is 40.0 Å². The zero-order valence-corrected chi connectivity index (χ0v) is 28.6. The zero-order valence-electron chi connectivity index (χ0n) is 27.8. The smallest absolute Gasteiger partial charge is 0.307 e. The van der Waals surface area contributed by atoms with Crippen molar-refractivity contribution in [1.82, 2.24) is 23.7 Å². The van der Waals surface area contributed by atoms with Crippen LogP contribution in [0.1, 0.15) is 65.9 Å². The monoisotopic (exact) mass is 657 g/mol. The largest absolute Gasteiger partial charge is 0.493 e. The Labute approximate surface area is 273 Å². The van der Waals surface area contributed by atoms with Gasteiger partial charge in [-0.2, -0.15) is 0 Å². The summed E-state index contributed by atoms with van der Waals surface area (Å²) in [5.74, 6) is 0.154. The molecule has 0 radical (unpaired) electrons. The number of ether oxygens (including phenoxy) is 3. The van der Waals surface area contributed by atoms with E-state index >= 15 is 0 Å². The Morgan fingerprint density at radius 3 is 2.22 bits per heavy atom. The van der Waals surface area contributed by atoms with E-state index < -0.39 is 11.0 Å².